The molecule has 0 unspecified atom stereocenters. The van der Waals surface area contributed by atoms with Crippen LogP contribution in [0.3, 0.4) is 0 Å². The van der Waals surface area contributed by atoms with Gasteiger partial charge in [-0.3, -0.25) is 4.79 Å². The van der Waals surface area contributed by atoms with E-state index in [9.17, 15) is 13.2 Å². The highest BCUT2D eigenvalue weighted by Gasteiger charge is 2.21. The molecule has 0 saturated heterocycles. The summed E-state index contributed by atoms with van der Waals surface area (Å²) in [5, 5.41) is 14.5. The van der Waals surface area contributed by atoms with Crippen LogP contribution in [0.1, 0.15) is 15.2 Å². The number of thiophene rings is 1. The third-order valence-electron chi connectivity index (χ3n) is 2.26. The molecule has 0 spiro atoms. The molecule has 1 rings (SSSR count). The van der Waals surface area contributed by atoms with Crippen molar-refractivity contribution >= 4 is 37.8 Å². The Morgan fingerprint density at radius 2 is 2.16 bits per heavy atom. The molecule has 1 aromatic heterocycles. The standard InChI is InChI=1S/C10H14N4O3S2/c1-13-9(15)7-8(12)6(5-11)18-10(7)14-3-4-19(2,16)17/h14H,3-4,12H2,1-2H3,(H,13,15). The number of nitrogens with two attached hydrogens (primary N) is 1. The summed E-state index contributed by atoms with van der Waals surface area (Å²) in [4.78, 5) is 11.9. The second kappa shape index (κ2) is 5.90. The van der Waals surface area contributed by atoms with Crippen LogP contribution in [-0.4, -0.2) is 39.9 Å². The van der Waals surface area contributed by atoms with Gasteiger partial charge in [0.15, 0.2) is 0 Å². The van der Waals surface area contributed by atoms with Crippen LogP contribution in [-0.2, 0) is 9.84 Å². The van der Waals surface area contributed by atoms with Crippen molar-refractivity contribution in [3.05, 3.63) is 10.4 Å². The molecule has 0 aliphatic rings. The number of nitrogen functional groups attached to an aromatic ring is 1. The van der Waals surface area contributed by atoms with Gasteiger partial charge in [-0.2, -0.15) is 5.26 Å². The van der Waals surface area contributed by atoms with Crippen LogP contribution in [0.2, 0.25) is 0 Å². The highest BCUT2D eigenvalue weighted by Crippen LogP contribution is 2.34. The maximum Gasteiger partial charge on any atom is 0.256 e. The van der Waals surface area contributed by atoms with E-state index in [4.69, 9.17) is 11.0 Å². The molecule has 0 aliphatic carbocycles. The lowest BCUT2D eigenvalue weighted by Gasteiger charge is -2.06. The van der Waals surface area contributed by atoms with Gasteiger partial charge in [0.25, 0.3) is 5.91 Å². The van der Waals surface area contributed by atoms with E-state index in [-0.39, 0.29) is 28.4 Å². The highest BCUT2D eigenvalue weighted by molar-refractivity contribution is 7.90. The lowest BCUT2D eigenvalue weighted by Crippen LogP contribution is -2.21. The number of nitrogens with one attached hydrogen (secondary N) is 2. The largest absolute Gasteiger partial charge is 0.396 e. The Kier molecular flexibility index (Phi) is 4.74. The van der Waals surface area contributed by atoms with Crippen LogP contribution in [0.4, 0.5) is 10.7 Å². The average Bonchev–Trinajstić information content (AvgIpc) is 2.63. The van der Waals surface area contributed by atoms with Crippen LogP contribution in [0.15, 0.2) is 0 Å². The summed E-state index contributed by atoms with van der Waals surface area (Å²) in [6, 6.07) is 1.90. The van der Waals surface area contributed by atoms with Crippen molar-refractivity contribution in [3.8, 4) is 6.07 Å². The molecule has 19 heavy (non-hydrogen) atoms. The summed E-state index contributed by atoms with van der Waals surface area (Å²) in [6.07, 6.45) is 1.12. The number of carbonyl (C=O) groups excluding carboxylic acids is 1. The van der Waals surface area contributed by atoms with Crippen molar-refractivity contribution in [2.45, 2.75) is 0 Å². The van der Waals surface area contributed by atoms with Crippen molar-refractivity contribution in [3.63, 3.8) is 0 Å². The summed E-state index contributed by atoms with van der Waals surface area (Å²) >= 11 is 1.03. The van der Waals surface area contributed by atoms with Crippen molar-refractivity contribution in [1.29, 1.82) is 5.26 Å². The predicted octanol–water partition coefficient (Wildman–Crippen LogP) is 0.0181. The second-order valence-corrected chi connectivity index (χ2v) is 7.08. The monoisotopic (exact) mass is 302 g/mol. The van der Waals surface area contributed by atoms with Gasteiger partial charge in [0.1, 0.15) is 25.8 Å². The van der Waals surface area contributed by atoms with E-state index < -0.39 is 15.7 Å². The average molecular weight is 302 g/mol. The Morgan fingerprint density at radius 3 is 2.63 bits per heavy atom. The van der Waals surface area contributed by atoms with Gasteiger partial charge in [0, 0.05) is 19.8 Å². The number of nitriles is 1. The van der Waals surface area contributed by atoms with Gasteiger partial charge in [0.2, 0.25) is 0 Å². The van der Waals surface area contributed by atoms with Crippen molar-refractivity contribution in [2.75, 3.05) is 36.7 Å². The highest BCUT2D eigenvalue weighted by atomic mass is 32.2. The second-order valence-electron chi connectivity index (χ2n) is 3.80. The van der Waals surface area contributed by atoms with Gasteiger partial charge < -0.3 is 16.4 Å². The third-order valence-corrected chi connectivity index (χ3v) is 4.27. The first-order chi connectivity index (χ1) is 8.80. The lowest BCUT2D eigenvalue weighted by atomic mass is 10.2. The minimum absolute atomic E-state index is 0.0696. The number of hydrogen-bond acceptors (Lipinski definition) is 7. The maximum absolute atomic E-state index is 11.7. The molecule has 1 heterocycles. The van der Waals surface area contributed by atoms with Gasteiger partial charge in [-0.1, -0.05) is 0 Å². The number of anilines is 2. The molecule has 7 nitrogen and oxygen atoms in total. The fraction of sp³-hybridized carbons (Fsp3) is 0.400. The van der Waals surface area contributed by atoms with Crippen LogP contribution < -0.4 is 16.4 Å². The molecule has 0 atom stereocenters. The van der Waals surface area contributed by atoms with Gasteiger partial charge in [-0.05, 0) is 0 Å². The Hall–Kier alpha value is -1.79. The summed E-state index contributed by atoms with van der Waals surface area (Å²) in [5.74, 6) is -0.489. The summed E-state index contributed by atoms with van der Waals surface area (Å²) < 4.78 is 22.1. The number of carbonyl (C=O) groups is 1. The quantitative estimate of drug-likeness (QED) is 0.704. The van der Waals surface area contributed by atoms with Gasteiger partial charge in [-0.25, -0.2) is 8.42 Å². The first kappa shape index (κ1) is 15.3. The first-order valence-electron chi connectivity index (χ1n) is 5.26. The predicted molar refractivity (Wildman–Crippen MR) is 75.0 cm³/mol. The molecule has 0 aliphatic heterocycles. The van der Waals surface area contributed by atoms with Crippen LogP contribution in [0.25, 0.3) is 0 Å². The minimum Gasteiger partial charge on any atom is -0.396 e. The number of rotatable bonds is 5. The van der Waals surface area contributed by atoms with Crippen molar-refractivity contribution in [2.24, 2.45) is 0 Å². The first-order valence-corrected chi connectivity index (χ1v) is 8.14. The Bertz CT molecular complexity index is 628. The molecule has 0 aromatic carbocycles. The lowest BCUT2D eigenvalue weighted by molar-refractivity contribution is 0.0965. The van der Waals surface area contributed by atoms with E-state index in [1.807, 2.05) is 6.07 Å². The Balaban J connectivity index is 3.00. The molecule has 1 aromatic rings. The van der Waals surface area contributed by atoms with E-state index in [0.717, 1.165) is 17.6 Å². The smallest absolute Gasteiger partial charge is 0.256 e. The van der Waals surface area contributed by atoms with Gasteiger partial charge in [0.05, 0.1) is 17.0 Å². The molecule has 0 bridgehead atoms. The molecular formula is C10H14N4O3S2. The molecule has 0 radical (unpaired) electrons. The van der Waals surface area contributed by atoms with Crippen molar-refractivity contribution in [1.82, 2.24) is 5.32 Å². The normalized spacial score (nSPS) is 10.8. The van der Waals surface area contributed by atoms with E-state index in [1.165, 1.54) is 7.05 Å². The van der Waals surface area contributed by atoms with Crippen LogP contribution in [0, 0.1) is 11.3 Å². The van der Waals surface area contributed by atoms with E-state index in [0.29, 0.717) is 5.00 Å². The molecule has 104 valence electrons. The molecule has 0 fully saturated rings. The topological polar surface area (TPSA) is 125 Å². The molecule has 9 heteroatoms. The Labute approximate surface area is 115 Å². The zero-order chi connectivity index (χ0) is 14.6. The molecular weight excluding hydrogens is 288 g/mol. The molecule has 1 amide bonds. The van der Waals surface area contributed by atoms with E-state index in [1.54, 1.807) is 0 Å². The van der Waals surface area contributed by atoms with Gasteiger partial charge in [-0.15, -0.1) is 11.3 Å². The fourth-order valence-corrected chi connectivity index (χ4v) is 2.77. The maximum atomic E-state index is 11.7. The molecule has 0 saturated carbocycles. The van der Waals surface area contributed by atoms with Crippen molar-refractivity contribution < 1.29 is 13.2 Å². The summed E-state index contributed by atoms with van der Waals surface area (Å²) in [6.45, 7) is 0.146. The van der Waals surface area contributed by atoms with Crippen LogP contribution >= 0.6 is 11.3 Å². The van der Waals surface area contributed by atoms with E-state index >= 15 is 0 Å². The number of amides is 1. The summed E-state index contributed by atoms with van der Waals surface area (Å²) in [7, 11) is -1.65. The Morgan fingerprint density at radius 1 is 1.53 bits per heavy atom. The van der Waals surface area contributed by atoms with Gasteiger partial charge >= 0.3 is 0 Å². The zero-order valence-electron chi connectivity index (χ0n) is 10.5. The minimum atomic E-state index is -3.10. The van der Waals surface area contributed by atoms with Crippen LogP contribution in [0.5, 0.6) is 0 Å². The van der Waals surface area contributed by atoms with E-state index in [2.05, 4.69) is 10.6 Å². The number of sulfone groups is 1. The number of hydrogen-bond donors (Lipinski definition) is 3. The zero-order valence-corrected chi connectivity index (χ0v) is 12.1. The summed E-state index contributed by atoms with van der Waals surface area (Å²) in [5.41, 5.74) is 6.00. The molecule has 4 N–H and O–H groups in total. The third kappa shape index (κ3) is 3.84. The fourth-order valence-electron chi connectivity index (χ4n) is 1.35. The number of nitrogens with zero attached hydrogens (tertiary/aromatic N) is 1. The SMILES string of the molecule is CNC(=O)c1c(NCCS(C)(=O)=O)sc(C#N)c1N.